The highest BCUT2D eigenvalue weighted by Crippen LogP contribution is 2.52. The van der Waals surface area contributed by atoms with E-state index in [2.05, 4.69) is 0 Å². The van der Waals surface area contributed by atoms with Crippen LogP contribution in [0.5, 0.6) is 0 Å². The number of fused-ring (bicyclic) bond motifs is 1. The fourth-order valence-corrected chi connectivity index (χ4v) is 4.15. The van der Waals surface area contributed by atoms with Gasteiger partial charge in [-0.1, -0.05) is 37.1 Å². The molecule has 2 fully saturated rings. The Kier molecular flexibility index (Phi) is 4.08. The van der Waals surface area contributed by atoms with Crippen LogP contribution < -0.4 is 4.90 Å². The van der Waals surface area contributed by atoms with Crippen molar-refractivity contribution in [3.63, 3.8) is 0 Å². The highest BCUT2D eigenvalue weighted by Gasteiger charge is 2.67. The predicted octanol–water partition coefficient (Wildman–Crippen LogP) is 2.97. The molecule has 1 amide bonds. The predicted molar refractivity (Wildman–Crippen MR) is 93.4 cm³/mol. The van der Waals surface area contributed by atoms with Gasteiger partial charge in [0.1, 0.15) is 11.5 Å². The molecule has 3 heterocycles. The number of benzene rings is 1. The second-order valence-corrected chi connectivity index (χ2v) is 7.26. The molecule has 1 aromatic rings. The number of amides is 1. The molecule has 4 atom stereocenters. The van der Waals surface area contributed by atoms with Crippen molar-refractivity contribution in [3.8, 4) is 0 Å². The number of hydrogen-bond acceptors (Lipinski definition) is 4. The molecule has 5 nitrogen and oxygen atoms in total. The molecular weight excluding hydrogens is 342 g/mol. The molecular formula is C19H20ClNO4. The van der Waals surface area contributed by atoms with Crippen molar-refractivity contribution in [2.75, 3.05) is 18.1 Å². The summed E-state index contributed by atoms with van der Waals surface area (Å²) in [5, 5.41) is 0.614. The Morgan fingerprint density at radius 3 is 2.88 bits per heavy atom. The Labute approximate surface area is 151 Å². The van der Waals surface area contributed by atoms with E-state index in [1.54, 1.807) is 17.0 Å². The van der Waals surface area contributed by atoms with E-state index in [9.17, 15) is 9.59 Å². The molecule has 0 radical (unpaired) electrons. The number of carbonyl (C=O) groups excluding carboxylic acids is 2. The first-order chi connectivity index (χ1) is 12.1. The van der Waals surface area contributed by atoms with E-state index in [1.165, 1.54) is 0 Å². The maximum atomic E-state index is 13.1. The van der Waals surface area contributed by atoms with Gasteiger partial charge in [0.05, 0.1) is 25.2 Å². The average Bonchev–Trinajstić information content (AvgIpc) is 3.24. The SMILES string of the molecule is CCCCOC(=O)C1C2C=CC3(CN(c4ccc(Cl)cc4)C(=O)C13)O2. The van der Waals surface area contributed by atoms with E-state index < -0.39 is 17.4 Å². The van der Waals surface area contributed by atoms with Gasteiger partial charge < -0.3 is 14.4 Å². The standard InChI is InChI=1S/C19H20ClNO4/c1-2-3-10-24-18(23)15-14-8-9-19(25-14)11-21(17(22)16(15)19)13-6-4-12(20)5-7-13/h4-9,14-16H,2-3,10-11H2,1H3. The van der Waals surface area contributed by atoms with Gasteiger partial charge in [-0.2, -0.15) is 0 Å². The van der Waals surface area contributed by atoms with E-state index in [-0.39, 0.29) is 18.0 Å². The van der Waals surface area contributed by atoms with Gasteiger partial charge in [0, 0.05) is 10.7 Å². The molecule has 2 saturated heterocycles. The van der Waals surface area contributed by atoms with Crippen LogP contribution in [0.2, 0.25) is 5.02 Å². The third-order valence-corrected chi connectivity index (χ3v) is 5.50. The summed E-state index contributed by atoms with van der Waals surface area (Å²) in [4.78, 5) is 27.3. The molecule has 1 spiro atoms. The summed E-state index contributed by atoms with van der Waals surface area (Å²) < 4.78 is 11.5. The molecule has 0 aromatic heterocycles. The summed E-state index contributed by atoms with van der Waals surface area (Å²) in [6, 6.07) is 7.12. The number of unbranched alkanes of at least 4 members (excludes halogenated alkanes) is 1. The number of esters is 1. The minimum atomic E-state index is -0.726. The Bertz CT molecular complexity index is 731. The topological polar surface area (TPSA) is 55.8 Å². The summed E-state index contributed by atoms with van der Waals surface area (Å²) >= 11 is 5.94. The minimum Gasteiger partial charge on any atom is -0.465 e. The molecule has 3 aliphatic heterocycles. The normalized spacial score (nSPS) is 32.3. The summed E-state index contributed by atoms with van der Waals surface area (Å²) in [6.07, 6.45) is 5.23. The van der Waals surface area contributed by atoms with Crippen LogP contribution in [-0.2, 0) is 19.1 Å². The van der Waals surface area contributed by atoms with Gasteiger partial charge in [0.2, 0.25) is 5.91 Å². The van der Waals surface area contributed by atoms with E-state index in [4.69, 9.17) is 21.1 Å². The smallest absolute Gasteiger partial charge is 0.312 e. The van der Waals surface area contributed by atoms with Crippen LogP contribution in [0.3, 0.4) is 0 Å². The van der Waals surface area contributed by atoms with E-state index in [0.29, 0.717) is 18.2 Å². The van der Waals surface area contributed by atoms with Gasteiger partial charge in [-0.3, -0.25) is 9.59 Å². The number of ether oxygens (including phenoxy) is 2. The fraction of sp³-hybridized carbons (Fsp3) is 0.474. The lowest BCUT2D eigenvalue weighted by Gasteiger charge is -2.22. The number of hydrogen-bond donors (Lipinski definition) is 0. The molecule has 4 rings (SSSR count). The quantitative estimate of drug-likeness (QED) is 0.459. The zero-order valence-electron chi connectivity index (χ0n) is 14.0. The van der Waals surface area contributed by atoms with Crippen LogP contribution in [0.4, 0.5) is 5.69 Å². The first kappa shape index (κ1) is 16.6. The van der Waals surface area contributed by atoms with Gasteiger partial charge in [-0.05, 0) is 30.7 Å². The van der Waals surface area contributed by atoms with Crippen LogP contribution in [0.25, 0.3) is 0 Å². The van der Waals surface area contributed by atoms with E-state index in [0.717, 1.165) is 18.5 Å². The van der Waals surface area contributed by atoms with Gasteiger partial charge >= 0.3 is 5.97 Å². The van der Waals surface area contributed by atoms with Gasteiger partial charge in [-0.15, -0.1) is 0 Å². The van der Waals surface area contributed by atoms with E-state index >= 15 is 0 Å². The summed E-state index contributed by atoms with van der Waals surface area (Å²) in [5.41, 5.74) is 0.0345. The van der Waals surface area contributed by atoms with Crippen LogP contribution in [0, 0.1) is 11.8 Å². The van der Waals surface area contributed by atoms with Crippen molar-refractivity contribution < 1.29 is 19.1 Å². The Morgan fingerprint density at radius 2 is 2.16 bits per heavy atom. The zero-order chi connectivity index (χ0) is 17.6. The maximum Gasteiger partial charge on any atom is 0.312 e. The lowest BCUT2D eigenvalue weighted by molar-refractivity contribution is -0.152. The zero-order valence-corrected chi connectivity index (χ0v) is 14.7. The molecule has 132 valence electrons. The molecule has 0 saturated carbocycles. The van der Waals surface area contributed by atoms with Crippen molar-refractivity contribution in [1.82, 2.24) is 0 Å². The number of halogens is 1. The van der Waals surface area contributed by atoms with Gasteiger partial charge in [0.25, 0.3) is 0 Å². The maximum absolute atomic E-state index is 13.1. The first-order valence-corrected chi connectivity index (χ1v) is 9.04. The third-order valence-electron chi connectivity index (χ3n) is 5.25. The minimum absolute atomic E-state index is 0.0911. The first-order valence-electron chi connectivity index (χ1n) is 8.66. The Hall–Kier alpha value is -1.85. The van der Waals surface area contributed by atoms with Crippen molar-refractivity contribution in [1.29, 1.82) is 0 Å². The van der Waals surface area contributed by atoms with Crippen LogP contribution in [-0.4, -0.2) is 36.7 Å². The molecule has 2 bridgehead atoms. The van der Waals surface area contributed by atoms with Gasteiger partial charge in [-0.25, -0.2) is 0 Å². The molecule has 25 heavy (non-hydrogen) atoms. The highest BCUT2D eigenvalue weighted by atomic mass is 35.5. The number of nitrogens with zero attached hydrogens (tertiary/aromatic N) is 1. The van der Waals surface area contributed by atoms with E-state index in [1.807, 2.05) is 31.2 Å². The lowest BCUT2D eigenvalue weighted by Crippen LogP contribution is -2.40. The third kappa shape index (κ3) is 2.57. The van der Waals surface area contributed by atoms with Crippen LogP contribution in [0.1, 0.15) is 19.8 Å². The largest absolute Gasteiger partial charge is 0.465 e. The molecule has 4 unspecified atom stereocenters. The highest BCUT2D eigenvalue weighted by molar-refractivity contribution is 6.30. The number of anilines is 1. The second-order valence-electron chi connectivity index (χ2n) is 6.82. The summed E-state index contributed by atoms with van der Waals surface area (Å²) in [7, 11) is 0. The fourth-order valence-electron chi connectivity index (χ4n) is 4.02. The summed E-state index contributed by atoms with van der Waals surface area (Å²) in [5.74, 6) is -1.51. The van der Waals surface area contributed by atoms with Gasteiger partial charge in [0.15, 0.2) is 0 Å². The van der Waals surface area contributed by atoms with Crippen molar-refractivity contribution in [2.24, 2.45) is 11.8 Å². The monoisotopic (exact) mass is 361 g/mol. The lowest BCUT2D eigenvalue weighted by atomic mass is 9.77. The van der Waals surface area contributed by atoms with Crippen molar-refractivity contribution in [3.05, 3.63) is 41.4 Å². The average molecular weight is 362 g/mol. The van der Waals surface area contributed by atoms with Crippen molar-refractivity contribution >= 4 is 29.2 Å². The van der Waals surface area contributed by atoms with Crippen LogP contribution >= 0.6 is 11.6 Å². The number of rotatable bonds is 5. The molecule has 1 aromatic carbocycles. The molecule has 3 aliphatic rings. The second kappa shape index (κ2) is 6.15. The molecule has 0 aliphatic carbocycles. The Morgan fingerprint density at radius 1 is 1.40 bits per heavy atom. The van der Waals surface area contributed by atoms with Crippen molar-refractivity contribution in [2.45, 2.75) is 31.5 Å². The molecule has 6 heteroatoms. The number of carbonyl (C=O) groups is 2. The summed E-state index contributed by atoms with van der Waals surface area (Å²) in [6.45, 7) is 2.83. The van der Waals surface area contributed by atoms with Crippen LogP contribution in [0.15, 0.2) is 36.4 Å². The molecule has 0 N–H and O–H groups in total. The Balaban J connectivity index is 1.59.